The van der Waals surface area contributed by atoms with E-state index in [0.717, 1.165) is 29.3 Å². The molecule has 0 bridgehead atoms. The van der Waals surface area contributed by atoms with E-state index in [1.165, 1.54) is 23.7 Å². The van der Waals surface area contributed by atoms with Gasteiger partial charge in [-0.15, -0.1) is 0 Å². The largest absolute Gasteiger partial charge is 0.273 e. The van der Waals surface area contributed by atoms with Crippen LogP contribution >= 0.6 is 11.8 Å². The van der Waals surface area contributed by atoms with Gasteiger partial charge in [-0.2, -0.15) is 5.10 Å². The van der Waals surface area contributed by atoms with Crippen LogP contribution in [-0.4, -0.2) is 16.0 Å². The Balaban J connectivity index is 1.80. The molecule has 0 radical (unpaired) electrons. The van der Waals surface area contributed by atoms with E-state index in [9.17, 15) is 13.6 Å². The van der Waals surface area contributed by atoms with Crippen molar-refractivity contribution in [1.82, 2.24) is 5.01 Å². The Morgan fingerprint density at radius 2 is 2.04 bits per heavy atom. The number of hydrogen-bond acceptors (Lipinski definition) is 3. The summed E-state index contributed by atoms with van der Waals surface area (Å²) in [6.07, 6.45) is 0.636. The minimum atomic E-state index is -0.642. The lowest BCUT2D eigenvalue weighted by Crippen LogP contribution is -2.48. The standard InChI is InChI=1S/C17H12F2N2OS/c1-10(22)21-17(9-11-4-2-3-5-14(11)17)23-16(20-21)13-8-12(18)6-7-15(13)19/h2-8H,9H2,1H3. The fraction of sp³-hybridized carbons (Fsp3) is 0.176. The Hall–Kier alpha value is -2.21. The smallest absolute Gasteiger partial charge is 0.241 e. The number of hydrazone groups is 1. The highest BCUT2D eigenvalue weighted by atomic mass is 32.2. The van der Waals surface area contributed by atoms with Crippen molar-refractivity contribution in [2.75, 3.05) is 0 Å². The molecule has 2 aromatic rings. The third kappa shape index (κ3) is 2.01. The molecule has 0 fully saturated rings. The summed E-state index contributed by atoms with van der Waals surface area (Å²) >= 11 is 1.30. The van der Waals surface area contributed by atoms with Gasteiger partial charge in [0.1, 0.15) is 21.5 Å². The van der Waals surface area contributed by atoms with Crippen LogP contribution in [0.3, 0.4) is 0 Å². The number of rotatable bonds is 1. The van der Waals surface area contributed by atoms with Crippen molar-refractivity contribution in [3.63, 3.8) is 0 Å². The lowest BCUT2D eigenvalue weighted by Gasteiger charge is -2.44. The minimum Gasteiger partial charge on any atom is -0.273 e. The van der Waals surface area contributed by atoms with Crippen molar-refractivity contribution in [3.05, 3.63) is 70.8 Å². The maximum absolute atomic E-state index is 14.1. The normalized spacial score (nSPS) is 21.9. The second kappa shape index (κ2) is 4.89. The van der Waals surface area contributed by atoms with Gasteiger partial charge >= 0.3 is 0 Å². The highest BCUT2D eigenvalue weighted by Gasteiger charge is 2.54. The Labute approximate surface area is 136 Å². The van der Waals surface area contributed by atoms with E-state index in [1.807, 2.05) is 24.3 Å². The average Bonchev–Trinajstić information content (AvgIpc) is 2.91. The zero-order valence-electron chi connectivity index (χ0n) is 12.2. The molecule has 1 unspecified atom stereocenters. The summed E-state index contributed by atoms with van der Waals surface area (Å²) in [5.74, 6) is -1.31. The van der Waals surface area contributed by atoms with E-state index in [-0.39, 0.29) is 11.5 Å². The Morgan fingerprint density at radius 3 is 2.78 bits per heavy atom. The number of benzene rings is 2. The maximum atomic E-state index is 14.1. The molecule has 6 heteroatoms. The molecule has 2 aliphatic rings. The van der Waals surface area contributed by atoms with Gasteiger partial charge in [-0.1, -0.05) is 36.0 Å². The number of amides is 1. The molecule has 3 nitrogen and oxygen atoms in total. The fourth-order valence-electron chi connectivity index (χ4n) is 3.07. The summed E-state index contributed by atoms with van der Waals surface area (Å²) in [5.41, 5.74) is 2.22. The highest BCUT2D eigenvalue weighted by Crippen LogP contribution is 2.56. The summed E-state index contributed by atoms with van der Waals surface area (Å²) in [7, 11) is 0. The van der Waals surface area contributed by atoms with E-state index in [2.05, 4.69) is 5.10 Å². The van der Waals surface area contributed by atoms with Crippen LogP contribution in [0, 0.1) is 11.6 Å². The lowest BCUT2D eigenvalue weighted by atomic mass is 9.82. The van der Waals surface area contributed by atoms with Gasteiger partial charge < -0.3 is 0 Å². The SMILES string of the molecule is CC(=O)N1N=C(c2cc(F)ccc2F)SC12Cc1ccccc12. The molecule has 1 spiro atoms. The van der Waals surface area contributed by atoms with Gasteiger partial charge in [0.25, 0.3) is 0 Å². The van der Waals surface area contributed by atoms with Crippen LogP contribution in [0.25, 0.3) is 0 Å². The van der Waals surface area contributed by atoms with Gasteiger partial charge in [0.15, 0.2) is 0 Å². The molecule has 4 rings (SSSR count). The number of hydrogen-bond donors (Lipinski definition) is 0. The molecule has 1 heterocycles. The highest BCUT2D eigenvalue weighted by molar-refractivity contribution is 8.15. The zero-order chi connectivity index (χ0) is 16.2. The molecular weight excluding hydrogens is 318 g/mol. The molecule has 0 N–H and O–H groups in total. The summed E-state index contributed by atoms with van der Waals surface area (Å²) in [6.45, 7) is 1.43. The molecule has 0 saturated heterocycles. The number of carbonyl (C=O) groups is 1. The summed E-state index contributed by atoms with van der Waals surface area (Å²) in [4.78, 5) is 11.4. The van der Waals surface area contributed by atoms with Crippen LogP contribution in [-0.2, 0) is 16.1 Å². The van der Waals surface area contributed by atoms with Crippen molar-refractivity contribution in [1.29, 1.82) is 0 Å². The average molecular weight is 330 g/mol. The van der Waals surface area contributed by atoms with E-state index < -0.39 is 16.5 Å². The number of fused-ring (bicyclic) bond motifs is 2. The first-order valence-corrected chi connectivity index (χ1v) is 7.95. The predicted molar refractivity (Wildman–Crippen MR) is 84.8 cm³/mol. The van der Waals surface area contributed by atoms with Crippen molar-refractivity contribution < 1.29 is 13.6 Å². The summed E-state index contributed by atoms with van der Waals surface area (Å²) < 4.78 is 27.5. The molecule has 2 aromatic carbocycles. The van der Waals surface area contributed by atoms with E-state index in [0.29, 0.717) is 11.5 Å². The Morgan fingerprint density at radius 1 is 1.26 bits per heavy atom. The number of carbonyl (C=O) groups excluding carboxylic acids is 1. The monoisotopic (exact) mass is 330 g/mol. The molecule has 0 aromatic heterocycles. The summed E-state index contributed by atoms with van der Waals surface area (Å²) in [5, 5.41) is 6.00. The molecule has 0 saturated carbocycles. The Bertz CT molecular complexity index is 867. The molecule has 1 aliphatic carbocycles. The second-order valence-corrected chi connectivity index (χ2v) is 6.85. The Kier molecular flexibility index (Phi) is 3.06. The molecule has 116 valence electrons. The van der Waals surface area contributed by atoms with Crippen molar-refractivity contribution in [2.24, 2.45) is 5.10 Å². The van der Waals surface area contributed by atoms with Crippen LogP contribution in [0.5, 0.6) is 0 Å². The van der Waals surface area contributed by atoms with Crippen molar-refractivity contribution in [3.8, 4) is 0 Å². The fourth-order valence-corrected chi connectivity index (χ4v) is 4.57. The van der Waals surface area contributed by atoms with E-state index >= 15 is 0 Å². The first-order chi connectivity index (χ1) is 11.0. The number of nitrogens with zero attached hydrogens (tertiary/aromatic N) is 2. The van der Waals surface area contributed by atoms with Gasteiger partial charge in [-0.25, -0.2) is 13.8 Å². The van der Waals surface area contributed by atoms with Crippen LogP contribution < -0.4 is 0 Å². The van der Waals surface area contributed by atoms with Gasteiger partial charge in [-0.3, -0.25) is 4.79 Å². The maximum Gasteiger partial charge on any atom is 0.241 e. The minimum absolute atomic E-state index is 0.0857. The molecular formula is C17H12F2N2OS. The molecule has 23 heavy (non-hydrogen) atoms. The zero-order valence-corrected chi connectivity index (χ0v) is 13.0. The number of thioether (sulfide) groups is 1. The van der Waals surface area contributed by atoms with Crippen LogP contribution in [0.15, 0.2) is 47.6 Å². The van der Waals surface area contributed by atoms with Crippen molar-refractivity contribution >= 4 is 22.7 Å². The molecule has 1 atom stereocenters. The van der Waals surface area contributed by atoms with Crippen LogP contribution in [0.1, 0.15) is 23.6 Å². The van der Waals surface area contributed by atoms with Crippen LogP contribution in [0.2, 0.25) is 0 Å². The lowest BCUT2D eigenvalue weighted by molar-refractivity contribution is -0.132. The van der Waals surface area contributed by atoms with Crippen molar-refractivity contribution in [2.45, 2.75) is 18.2 Å². The molecule has 1 amide bonds. The topological polar surface area (TPSA) is 32.7 Å². The van der Waals surface area contributed by atoms with E-state index in [1.54, 1.807) is 0 Å². The van der Waals surface area contributed by atoms with Gasteiger partial charge in [0.2, 0.25) is 5.91 Å². The van der Waals surface area contributed by atoms with Gasteiger partial charge in [0, 0.05) is 18.9 Å². The third-order valence-electron chi connectivity index (χ3n) is 4.12. The van der Waals surface area contributed by atoms with Gasteiger partial charge in [-0.05, 0) is 29.3 Å². The first-order valence-electron chi connectivity index (χ1n) is 7.13. The first kappa shape index (κ1) is 14.4. The van der Waals surface area contributed by atoms with Crippen LogP contribution in [0.4, 0.5) is 8.78 Å². The predicted octanol–water partition coefficient (Wildman–Crippen LogP) is 3.63. The third-order valence-corrected chi connectivity index (χ3v) is 5.49. The van der Waals surface area contributed by atoms with E-state index in [4.69, 9.17) is 0 Å². The second-order valence-electron chi connectivity index (χ2n) is 5.58. The van der Waals surface area contributed by atoms with Gasteiger partial charge in [0.05, 0.1) is 0 Å². The molecule has 1 aliphatic heterocycles. The quantitative estimate of drug-likeness (QED) is 0.800. The summed E-state index contributed by atoms with van der Waals surface area (Å²) in [6, 6.07) is 11.0. The number of halogens is 2.